The molecule has 0 radical (unpaired) electrons. The van der Waals surface area contributed by atoms with Crippen LogP contribution in [0, 0.1) is 5.92 Å². The molecule has 1 aromatic carbocycles. The Morgan fingerprint density at radius 1 is 1.23 bits per heavy atom. The van der Waals surface area contributed by atoms with Gasteiger partial charge in [-0.05, 0) is 38.0 Å². The maximum absolute atomic E-state index is 12.3. The highest BCUT2D eigenvalue weighted by Crippen LogP contribution is 2.30. The van der Waals surface area contributed by atoms with Crippen LogP contribution >= 0.6 is 0 Å². The van der Waals surface area contributed by atoms with Crippen molar-refractivity contribution < 1.29 is 9.59 Å². The number of benzene rings is 1. The van der Waals surface area contributed by atoms with Crippen LogP contribution in [-0.2, 0) is 4.79 Å². The first-order valence-corrected chi connectivity index (χ1v) is 7.65. The molecule has 1 aliphatic heterocycles. The van der Waals surface area contributed by atoms with Crippen molar-refractivity contribution in [2.24, 2.45) is 17.4 Å². The number of primary amides is 1. The summed E-state index contributed by atoms with van der Waals surface area (Å²) < 4.78 is 0. The number of rotatable bonds is 5. The third kappa shape index (κ3) is 3.57. The lowest BCUT2D eigenvalue weighted by atomic mass is 10.0. The van der Waals surface area contributed by atoms with E-state index in [0.717, 1.165) is 31.6 Å². The van der Waals surface area contributed by atoms with E-state index in [2.05, 4.69) is 10.2 Å². The lowest BCUT2D eigenvalue weighted by molar-refractivity contribution is -0.119. The Morgan fingerprint density at radius 2 is 1.86 bits per heavy atom. The molecule has 1 aliphatic rings. The van der Waals surface area contributed by atoms with Crippen LogP contribution in [0.2, 0.25) is 0 Å². The lowest BCUT2D eigenvalue weighted by Gasteiger charge is -2.23. The molecule has 2 unspecified atom stereocenters. The number of nitrogens with one attached hydrogen (secondary N) is 1. The van der Waals surface area contributed by atoms with Crippen LogP contribution in [-0.4, -0.2) is 30.9 Å². The number of carbonyl (C=O) groups is 2. The van der Waals surface area contributed by atoms with Gasteiger partial charge in [-0.25, -0.2) is 0 Å². The van der Waals surface area contributed by atoms with Gasteiger partial charge in [0.05, 0.1) is 17.3 Å². The minimum Gasteiger partial charge on any atom is -0.370 e. The van der Waals surface area contributed by atoms with Crippen LogP contribution in [0.3, 0.4) is 0 Å². The molecule has 1 saturated heterocycles. The lowest BCUT2D eigenvalue weighted by Crippen LogP contribution is -2.34. The summed E-state index contributed by atoms with van der Waals surface area (Å²) in [6, 6.07) is 4.94. The summed E-state index contributed by atoms with van der Waals surface area (Å²) in [7, 11) is 0. The molecule has 0 bridgehead atoms. The summed E-state index contributed by atoms with van der Waals surface area (Å²) in [5.41, 5.74) is 13.0. The van der Waals surface area contributed by atoms with Gasteiger partial charge in [-0.3, -0.25) is 9.59 Å². The second-order valence-corrected chi connectivity index (χ2v) is 5.93. The fraction of sp³-hybridized carbons (Fsp3) is 0.500. The number of hydrogen-bond acceptors (Lipinski definition) is 4. The average molecular weight is 304 g/mol. The van der Waals surface area contributed by atoms with E-state index >= 15 is 0 Å². The molecule has 2 amide bonds. The number of amides is 2. The van der Waals surface area contributed by atoms with E-state index in [0.29, 0.717) is 11.3 Å². The average Bonchev–Trinajstić information content (AvgIpc) is 3.00. The summed E-state index contributed by atoms with van der Waals surface area (Å²) in [4.78, 5) is 25.9. The largest absolute Gasteiger partial charge is 0.370 e. The maximum Gasteiger partial charge on any atom is 0.248 e. The van der Waals surface area contributed by atoms with Crippen molar-refractivity contribution in [2.45, 2.75) is 32.7 Å². The van der Waals surface area contributed by atoms with Crippen LogP contribution in [0.4, 0.5) is 11.4 Å². The topological polar surface area (TPSA) is 101 Å². The highest BCUT2D eigenvalue weighted by atomic mass is 16.2. The molecule has 1 aromatic rings. The Labute approximate surface area is 130 Å². The number of anilines is 2. The van der Waals surface area contributed by atoms with E-state index in [1.165, 1.54) is 0 Å². The molecule has 0 aromatic heterocycles. The molecule has 0 aliphatic carbocycles. The van der Waals surface area contributed by atoms with Gasteiger partial charge >= 0.3 is 0 Å². The number of carbonyl (C=O) groups excluding carboxylic acids is 2. The van der Waals surface area contributed by atoms with Gasteiger partial charge in [-0.2, -0.15) is 0 Å². The summed E-state index contributed by atoms with van der Waals surface area (Å²) in [6.45, 7) is 5.47. The molecular weight excluding hydrogens is 280 g/mol. The van der Waals surface area contributed by atoms with Gasteiger partial charge in [0.25, 0.3) is 0 Å². The van der Waals surface area contributed by atoms with Crippen molar-refractivity contribution in [2.75, 3.05) is 23.3 Å². The van der Waals surface area contributed by atoms with E-state index < -0.39 is 5.91 Å². The molecule has 22 heavy (non-hydrogen) atoms. The fourth-order valence-corrected chi connectivity index (χ4v) is 2.51. The molecule has 6 heteroatoms. The highest BCUT2D eigenvalue weighted by molar-refractivity contribution is 6.00. The third-order valence-corrected chi connectivity index (χ3v) is 4.19. The Hall–Kier alpha value is -2.08. The van der Waals surface area contributed by atoms with Gasteiger partial charge in [0.15, 0.2) is 0 Å². The Balaban J connectivity index is 2.30. The molecule has 0 saturated carbocycles. The van der Waals surface area contributed by atoms with E-state index in [-0.39, 0.29) is 17.9 Å². The molecular formula is C16H24N4O2. The SMILES string of the molecule is CC(N)C(C)C(=O)Nc1cc(C(N)=O)ccc1N1CCCC1. The molecule has 6 nitrogen and oxygen atoms in total. The van der Waals surface area contributed by atoms with Crippen molar-refractivity contribution in [1.29, 1.82) is 0 Å². The summed E-state index contributed by atoms with van der Waals surface area (Å²) in [5, 5.41) is 2.90. The number of nitrogens with zero attached hydrogens (tertiary/aromatic N) is 1. The predicted molar refractivity (Wildman–Crippen MR) is 87.9 cm³/mol. The van der Waals surface area contributed by atoms with Crippen LogP contribution in [0.15, 0.2) is 18.2 Å². The standard InChI is InChI=1S/C16H24N4O2/c1-10(11(2)17)16(22)19-13-9-12(15(18)21)5-6-14(13)20-7-3-4-8-20/h5-6,9-11H,3-4,7-8,17H2,1-2H3,(H2,18,21)(H,19,22). The predicted octanol–water partition coefficient (Wildman–Crippen LogP) is 1.31. The van der Waals surface area contributed by atoms with Gasteiger partial charge in [0.1, 0.15) is 0 Å². The molecule has 1 heterocycles. The van der Waals surface area contributed by atoms with Crippen LogP contribution in [0.25, 0.3) is 0 Å². The minimum atomic E-state index is -0.510. The van der Waals surface area contributed by atoms with E-state index in [1.807, 2.05) is 6.07 Å². The van der Waals surface area contributed by atoms with Crippen molar-refractivity contribution in [3.05, 3.63) is 23.8 Å². The first-order valence-electron chi connectivity index (χ1n) is 7.65. The van der Waals surface area contributed by atoms with Gasteiger partial charge < -0.3 is 21.7 Å². The van der Waals surface area contributed by atoms with E-state index in [9.17, 15) is 9.59 Å². The molecule has 2 rings (SSSR count). The number of nitrogens with two attached hydrogens (primary N) is 2. The number of hydrogen-bond donors (Lipinski definition) is 3. The third-order valence-electron chi connectivity index (χ3n) is 4.19. The van der Waals surface area contributed by atoms with Gasteiger partial charge in [0, 0.05) is 24.7 Å². The van der Waals surface area contributed by atoms with Crippen molar-refractivity contribution >= 4 is 23.2 Å². The van der Waals surface area contributed by atoms with Gasteiger partial charge in [-0.15, -0.1) is 0 Å². The Kier molecular flexibility index (Phi) is 5.03. The monoisotopic (exact) mass is 304 g/mol. The van der Waals surface area contributed by atoms with Crippen molar-refractivity contribution in [3.63, 3.8) is 0 Å². The van der Waals surface area contributed by atoms with Crippen LogP contribution < -0.4 is 21.7 Å². The Bertz CT molecular complexity index is 565. The molecule has 1 fully saturated rings. The zero-order valence-electron chi connectivity index (χ0n) is 13.1. The van der Waals surface area contributed by atoms with Crippen LogP contribution in [0.1, 0.15) is 37.0 Å². The quantitative estimate of drug-likeness (QED) is 0.763. The maximum atomic E-state index is 12.3. The van der Waals surface area contributed by atoms with Gasteiger partial charge in [-0.1, -0.05) is 6.92 Å². The highest BCUT2D eigenvalue weighted by Gasteiger charge is 2.21. The van der Waals surface area contributed by atoms with Crippen molar-refractivity contribution in [1.82, 2.24) is 0 Å². The zero-order valence-corrected chi connectivity index (χ0v) is 13.1. The minimum absolute atomic E-state index is 0.155. The second kappa shape index (κ2) is 6.79. The first-order chi connectivity index (χ1) is 10.4. The first kappa shape index (κ1) is 16.3. The van der Waals surface area contributed by atoms with Gasteiger partial charge in [0.2, 0.25) is 11.8 Å². The van der Waals surface area contributed by atoms with Crippen molar-refractivity contribution in [3.8, 4) is 0 Å². The van der Waals surface area contributed by atoms with E-state index in [4.69, 9.17) is 11.5 Å². The van der Waals surface area contributed by atoms with E-state index in [1.54, 1.807) is 26.0 Å². The summed E-state index contributed by atoms with van der Waals surface area (Å²) in [6.07, 6.45) is 2.25. The summed E-state index contributed by atoms with van der Waals surface area (Å²) >= 11 is 0. The molecule has 2 atom stereocenters. The molecule has 5 N–H and O–H groups in total. The van der Waals surface area contributed by atoms with Crippen LogP contribution in [0.5, 0.6) is 0 Å². The smallest absolute Gasteiger partial charge is 0.248 e. The Morgan fingerprint density at radius 3 is 2.41 bits per heavy atom. The zero-order chi connectivity index (χ0) is 16.3. The molecule has 120 valence electrons. The summed E-state index contributed by atoms with van der Waals surface area (Å²) in [5.74, 6) is -0.982. The molecule has 0 spiro atoms. The fourth-order valence-electron chi connectivity index (χ4n) is 2.51. The second-order valence-electron chi connectivity index (χ2n) is 5.93. The normalized spacial score (nSPS) is 17.1.